The molecule has 96 valence electrons. The molecule has 1 heterocycles. The lowest BCUT2D eigenvalue weighted by molar-refractivity contribution is -0.385. The van der Waals surface area contributed by atoms with E-state index < -0.39 is 4.92 Å². The van der Waals surface area contributed by atoms with Crippen LogP contribution in [0.3, 0.4) is 0 Å². The van der Waals surface area contributed by atoms with Crippen LogP contribution in [0, 0.1) is 10.1 Å². The molecule has 1 aliphatic heterocycles. The first kappa shape index (κ1) is 12.8. The summed E-state index contributed by atoms with van der Waals surface area (Å²) in [6, 6.07) is 4.80. The Hall–Kier alpha value is -1.63. The van der Waals surface area contributed by atoms with Gasteiger partial charge < -0.3 is 9.80 Å². The van der Waals surface area contributed by atoms with Crippen molar-refractivity contribution in [3.8, 4) is 0 Å². The van der Waals surface area contributed by atoms with E-state index in [4.69, 9.17) is 0 Å². The van der Waals surface area contributed by atoms with Gasteiger partial charge >= 0.3 is 6.03 Å². The van der Waals surface area contributed by atoms with Crippen molar-refractivity contribution in [2.75, 3.05) is 20.1 Å². The van der Waals surface area contributed by atoms with Crippen LogP contribution < -0.4 is 0 Å². The first-order valence-electron chi connectivity index (χ1n) is 5.42. The molecule has 0 aliphatic carbocycles. The molecule has 0 unspecified atom stereocenters. The molecule has 0 N–H and O–H groups in total. The van der Waals surface area contributed by atoms with E-state index >= 15 is 0 Å². The molecule has 1 aromatic rings. The summed E-state index contributed by atoms with van der Waals surface area (Å²) in [5.74, 6) is 0. The highest BCUT2D eigenvalue weighted by atomic mass is 79.9. The number of carbonyl (C=O) groups is 1. The van der Waals surface area contributed by atoms with Gasteiger partial charge in [0, 0.05) is 32.7 Å². The van der Waals surface area contributed by atoms with Gasteiger partial charge in [0.1, 0.15) is 4.47 Å². The van der Waals surface area contributed by atoms with E-state index in [9.17, 15) is 14.9 Å². The Morgan fingerprint density at radius 2 is 2.17 bits per heavy atom. The van der Waals surface area contributed by atoms with Crippen molar-refractivity contribution in [1.82, 2.24) is 9.80 Å². The molecule has 2 amide bonds. The van der Waals surface area contributed by atoms with Gasteiger partial charge in [0.2, 0.25) is 0 Å². The molecule has 0 spiro atoms. The SMILES string of the molecule is CN1CCN(Cc2cccc([N+](=O)[O-])c2Br)C1=O. The van der Waals surface area contributed by atoms with Crippen molar-refractivity contribution in [1.29, 1.82) is 0 Å². The normalized spacial score (nSPS) is 15.3. The predicted molar refractivity (Wildman–Crippen MR) is 69.2 cm³/mol. The minimum atomic E-state index is -0.439. The number of benzene rings is 1. The number of amides is 2. The number of hydrogen-bond acceptors (Lipinski definition) is 3. The minimum Gasteiger partial charge on any atom is -0.326 e. The van der Waals surface area contributed by atoms with Crippen LogP contribution in [-0.4, -0.2) is 40.9 Å². The molecule has 1 fully saturated rings. The molecular formula is C11H12BrN3O3. The summed E-state index contributed by atoms with van der Waals surface area (Å²) in [7, 11) is 1.74. The molecule has 1 aliphatic rings. The summed E-state index contributed by atoms with van der Waals surface area (Å²) in [5.41, 5.74) is 0.764. The maximum atomic E-state index is 11.7. The van der Waals surface area contributed by atoms with Crippen LogP contribution in [0.5, 0.6) is 0 Å². The van der Waals surface area contributed by atoms with Gasteiger partial charge in [0.25, 0.3) is 5.69 Å². The van der Waals surface area contributed by atoms with Gasteiger partial charge in [-0.1, -0.05) is 12.1 Å². The number of hydrogen-bond donors (Lipinski definition) is 0. The molecule has 0 aromatic heterocycles. The number of urea groups is 1. The molecule has 0 saturated carbocycles. The average Bonchev–Trinajstić information content (AvgIpc) is 2.63. The Balaban J connectivity index is 2.22. The number of nitro groups is 1. The van der Waals surface area contributed by atoms with E-state index in [0.717, 1.165) is 5.56 Å². The van der Waals surface area contributed by atoms with Crippen molar-refractivity contribution < 1.29 is 9.72 Å². The fourth-order valence-corrected chi connectivity index (χ4v) is 2.42. The number of halogens is 1. The van der Waals surface area contributed by atoms with Crippen LogP contribution in [0.4, 0.5) is 10.5 Å². The summed E-state index contributed by atoms with van der Waals surface area (Å²) in [5, 5.41) is 10.8. The number of nitro benzene ring substituents is 1. The van der Waals surface area contributed by atoms with Crippen LogP contribution in [0.25, 0.3) is 0 Å². The van der Waals surface area contributed by atoms with Crippen molar-refractivity contribution >= 4 is 27.6 Å². The lowest BCUT2D eigenvalue weighted by atomic mass is 10.2. The molecular weight excluding hydrogens is 302 g/mol. The second-order valence-electron chi connectivity index (χ2n) is 4.13. The molecule has 0 radical (unpaired) electrons. The first-order chi connectivity index (χ1) is 8.50. The molecule has 18 heavy (non-hydrogen) atoms. The van der Waals surface area contributed by atoms with Gasteiger partial charge in [0.15, 0.2) is 0 Å². The van der Waals surface area contributed by atoms with Gasteiger partial charge in [-0.05, 0) is 21.5 Å². The van der Waals surface area contributed by atoms with Gasteiger partial charge in [-0.15, -0.1) is 0 Å². The number of carbonyl (C=O) groups excluding carboxylic acids is 1. The highest BCUT2D eigenvalue weighted by molar-refractivity contribution is 9.10. The van der Waals surface area contributed by atoms with E-state index in [1.54, 1.807) is 29.0 Å². The number of likely N-dealkylation sites (N-methyl/N-ethyl adjacent to an activating group) is 1. The first-order valence-corrected chi connectivity index (χ1v) is 6.22. The van der Waals surface area contributed by atoms with Crippen molar-refractivity contribution in [3.63, 3.8) is 0 Å². The Bertz CT molecular complexity index is 506. The van der Waals surface area contributed by atoms with Crippen LogP contribution in [0.15, 0.2) is 22.7 Å². The monoisotopic (exact) mass is 313 g/mol. The fraction of sp³-hybridized carbons (Fsp3) is 0.364. The van der Waals surface area contributed by atoms with Gasteiger partial charge in [-0.3, -0.25) is 10.1 Å². The van der Waals surface area contributed by atoms with Crippen molar-refractivity contribution in [2.45, 2.75) is 6.54 Å². The van der Waals surface area contributed by atoms with Crippen LogP contribution >= 0.6 is 15.9 Å². The summed E-state index contributed by atoms with van der Waals surface area (Å²) < 4.78 is 0.442. The molecule has 1 aromatic carbocycles. The summed E-state index contributed by atoms with van der Waals surface area (Å²) in [6.07, 6.45) is 0. The Labute approximate surface area is 112 Å². The largest absolute Gasteiger partial charge is 0.326 e. The highest BCUT2D eigenvalue weighted by Crippen LogP contribution is 2.29. The zero-order valence-electron chi connectivity index (χ0n) is 9.80. The third-order valence-electron chi connectivity index (χ3n) is 2.92. The summed E-state index contributed by atoms with van der Waals surface area (Å²) in [4.78, 5) is 25.4. The minimum absolute atomic E-state index is 0.0208. The molecule has 2 rings (SSSR count). The summed E-state index contributed by atoms with van der Waals surface area (Å²) >= 11 is 3.23. The molecule has 7 heteroatoms. The molecule has 0 atom stereocenters. The Kier molecular flexibility index (Phi) is 3.51. The van der Waals surface area contributed by atoms with E-state index in [-0.39, 0.29) is 11.7 Å². The van der Waals surface area contributed by atoms with Gasteiger partial charge in [-0.25, -0.2) is 4.79 Å². The zero-order chi connectivity index (χ0) is 13.3. The van der Waals surface area contributed by atoms with E-state index in [1.165, 1.54) is 6.07 Å². The fourth-order valence-electron chi connectivity index (χ4n) is 1.89. The third-order valence-corrected chi connectivity index (χ3v) is 3.83. The van der Waals surface area contributed by atoms with E-state index in [1.807, 2.05) is 0 Å². The maximum absolute atomic E-state index is 11.7. The topological polar surface area (TPSA) is 66.7 Å². The Morgan fingerprint density at radius 1 is 1.44 bits per heavy atom. The van der Waals surface area contributed by atoms with E-state index in [0.29, 0.717) is 24.1 Å². The van der Waals surface area contributed by atoms with Crippen molar-refractivity contribution in [3.05, 3.63) is 38.3 Å². The molecule has 1 saturated heterocycles. The number of nitrogens with zero attached hydrogens (tertiary/aromatic N) is 3. The highest BCUT2D eigenvalue weighted by Gasteiger charge is 2.26. The summed E-state index contributed by atoms with van der Waals surface area (Å²) in [6.45, 7) is 1.71. The van der Waals surface area contributed by atoms with Crippen LogP contribution in [0.2, 0.25) is 0 Å². The lowest BCUT2D eigenvalue weighted by Crippen LogP contribution is -2.29. The quantitative estimate of drug-likeness (QED) is 0.635. The van der Waals surface area contributed by atoms with Crippen LogP contribution in [-0.2, 0) is 6.54 Å². The third kappa shape index (κ3) is 2.31. The standard InChI is InChI=1S/C11H12BrN3O3/c1-13-5-6-14(11(13)16)7-8-3-2-4-9(10(8)12)15(17)18/h2-4H,5-7H2,1H3. The van der Waals surface area contributed by atoms with Gasteiger partial charge in [0.05, 0.1) is 4.92 Å². The number of rotatable bonds is 3. The molecule has 6 nitrogen and oxygen atoms in total. The van der Waals surface area contributed by atoms with Crippen molar-refractivity contribution in [2.24, 2.45) is 0 Å². The second kappa shape index (κ2) is 4.93. The Morgan fingerprint density at radius 3 is 2.72 bits per heavy atom. The average molecular weight is 314 g/mol. The second-order valence-corrected chi connectivity index (χ2v) is 4.93. The molecule has 0 bridgehead atoms. The maximum Gasteiger partial charge on any atom is 0.320 e. The van der Waals surface area contributed by atoms with E-state index in [2.05, 4.69) is 15.9 Å². The smallest absolute Gasteiger partial charge is 0.320 e. The predicted octanol–water partition coefficient (Wildman–Crippen LogP) is 2.22. The van der Waals surface area contributed by atoms with Crippen LogP contribution in [0.1, 0.15) is 5.56 Å². The lowest BCUT2D eigenvalue weighted by Gasteiger charge is -2.16. The van der Waals surface area contributed by atoms with Gasteiger partial charge in [-0.2, -0.15) is 0 Å². The zero-order valence-corrected chi connectivity index (χ0v) is 11.4.